The van der Waals surface area contributed by atoms with Crippen LogP contribution >= 0.6 is 0 Å². The number of carbonyl (C=O) groups is 2. The summed E-state index contributed by atoms with van der Waals surface area (Å²) in [6.45, 7) is 1.77. The summed E-state index contributed by atoms with van der Waals surface area (Å²) >= 11 is 0. The van der Waals surface area contributed by atoms with Gasteiger partial charge in [0.2, 0.25) is 11.8 Å². The minimum absolute atomic E-state index is 0.0338. The average Bonchev–Trinajstić information content (AvgIpc) is 2.52. The molecule has 0 spiro atoms. The Morgan fingerprint density at radius 1 is 1.13 bits per heavy atom. The highest BCUT2D eigenvalue weighted by molar-refractivity contribution is 5.79. The SMILES string of the molecule is CN[C@@H](COCCCNC(=O)COCC(COC)OC)C(N)=O. The summed E-state index contributed by atoms with van der Waals surface area (Å²) in [5, 5.41) is 5.46. The Balaban J connectivity index is 3.55. The van der Waals surface area contributed by atoms with Gasteiger partial charge in [0.1, 0.15) is 18.8 Å². The standard InChI is InChI=1S/C14H29N3O6/c1-16-12(14(15)19)9-22-6-4-5-17-13(18)10-23-8-11(21-3)7-20-2/h11-12,16H,4-10H2,1-3H3,(H2,15,19)(H,17,18)/t11?,12-/m0/s1. The lowest BCUT2D eigenvalue weighted by Crippen LogP contribution is -2.42. The molecule has 0 aromatic rings. The molecular formula is C14H29N3O6. The van der Waals surface area contributed by atoms with Gasteiger partial charge in [-0.25, -0.2) is 0 Å². The lowest BCUT2D eigenvalue weighted by atomic mass is 10.3. The van der Waals surface area contributed by atoms with Crippen molar-refractivity contribution in [1.29, 1.82) is 0 Å². The van der Waals surface area contributed by atoms with Crippen molar-refractivity contribution in [3.63, 3.8) is 0 Å². The van der Waals surface area contributed by atoms with E-state index in [4.69, 9.17) is 24.7 Å². The number of likely N-dealkylation sites (N-methyl/N-ethyl adjacent to an activating group) is 1. The summed E-state index contributed by atoms with van der Waals surface area (Å²) in [7, 11) is 4.77. The van der Waals surface area contributed by atoms with Crippen LogP contribution in [0.2, 0.25) is 0 Å². The van der Waals surface area contributed by atoms with Gasteiger partial charge in [-0.3, -0.25) is 9.59 Å². The number of amides is 2. The van der Waals surface area contributed by atoms with Crippen molar-refractivity contribution in [2.45, 2.75) is 18.6 Å². The molecule has 4 N–H and O–H groups in total. The summed E-state index contributed by atoms with van der Waals surface area (Å²) in [5.74, 6) is -0.664. The maximum atomic E-state index is 11.5. The topological polar surface area (TPSA) is 121 Å². The van der Waals surface area contributed by atoms with E-state index in [9.17, 15) is 9.59 Å². The van der Waals surface area contributed by atoms with E-state index in [0.717, 1.165) is 0 Å². The van der Waals surface area contributed by atoms with Crippen LogP contribution < -0.4 is 16.4 Å². The third-order valence-electron chi connectivity index (χ3n) is 2.99. The van der Waals surface area contributed by atoms with Crippen molar-refractivity contribution in [1.82, 2.24) is 10.6 Å². The zero-order valence-electron chi connectivity index (χ0n) is 14.1. The van der Waals surface area contributed by atoms with Crippen molar-refractivity contribution in [3.05, 3.63) is 0 Å². The molecule has 0 fully saturated rings. The Morgan fingerprint density at radius 2 is 1.87 bits per heavy atom. The van der Waals surface area contributed by atoms with E-state index in [2.05, 4.69) is 10.6 Å². The molecule has 9 nitrogen and oxygen atoms in total. The second kappa shape index (κ2) is 14.3. The molecule has 23 heavy (non-hydrogen) atoms. The minimum atomic E-state index is -0.501. The van der Waals surface area contributed by atoms with E-state index >= 15 is 0 Å². The Labute approximate surface area is 137 Å². The molecule has 0 aromatic heterocycles. The Hall–Kier alpha value is -1.26. The molecule has 9 heteroatoms. The average molecular weight is 335 g/mol. The first kappa shape index (κ1) is 21.7. The zero-order chi connectivity index (χ0) is 17.5. The van der Waals surface area contributed by atoms with Crippen LogP contribution in [0.5, 0.6) is 0 Å². The maximum absolute atomic E-state index is 11.5. The molecule has 0 aliphatic rings. The number of nitrogens with one attached hydrogen (secondary N) is 2. The fourth-order valence-corrected chi connectivity index (χ4v) is 1.62. The molecule has 0 saturated heterocycles. The van der Waals surface area contributed by atoms with Crippen LogP contribution in [0.4, 0.5) is 0 Å². The predicted octanol–water partition coefficient (Wildman–Crippen LogP) is -1.74. The van der Waals surface area contributed by atoms with Gasteiger partial charge in [0, 0.05) is 27.4 Å². The van der Waals surface area contributed by atoms with Gasteiger partial charge in [0.25, 0.3) is 0 Å². The molecule has 0 bridgehead atoms. The third-order valence-corrected chi connectivity index (χ3v) is 2.99. The van der Waals surface area contributed by atoms with E-state index in [1.54, 1.807) is 21.3 Å². The van der Waals surface area contributed by atoms with Crippen molar-refractivity contribution < 1.29 is 28.5 Å². The zero-order valence-corrected chi connectivity index (χ0v) is 14.1. The first-order valence-corrected chi connectivity index (χ1v) is 7.45. The molecule has 1 unspecified atom stereocenters. The first-order chi connectivity index (χ1) is 11.0. The Kier molecular flexibility index (Phi) is 13.6. The summed E-state index contributed by atoms with van der Waals surface area (Å²) in [6.07, 6.45) is 0.442. The summed E-state index contributed by atoms with van der Waals surface area (Å²) in [4.78, 5) is 22.5. The van der Waals surface area contributed by atoms with Gasteiger partial charge in [-0.2, -0.15) is 0 Å². The monoisotopic (exact) mass is 335 g/mol. The fraction of sp³-hybridized carbons (Fsp3) is 0.857. The summed E-state index contributed by atoms with van der Waals surface area (Å²) < 4.78 is 20.6. The van der Waals surface area contributed by atoms with E-state index in [-0.39, 0.29) is 25.2 Å². The smallest absolute Gasteiger partial charge is 0.246 e. The number of primary amides is 1. The highest BCUT2D eigenvalue weighted by Crippen LogP contribution is 1.92. The highest BCUT2D eigenvalue weighted by atomic mass is 16.5. The number of rotatable bonds is 15. The van der Waals surface area contributed by atoms with Gasteiger partial charge in [-0.1, -0.05) is 0 Å². The molecule has 2 amide bonds. The molecule has 0 aliphatic carbocycles. The lowest BCUT2D eigenvalue weighted by Gasteiger charge is -2.14. The van der Waals surface area contributed by atoms with Gasteiger partial charge in [-0.05, 0) is 13.5 Å². The third kappa shape index (κ3) is 11.9. The number of ether oxygens (including phenoxy) is 4. The molecule has 2 atom stereocenters. The quantitative estimate of drug-likeness (QED) is 0.304. The second-order valence-electron chi connectivity index (χ2n) is 4.85. The fourth-order valence-electron chi connectivity index (χ4n) is 1.62. The van der Waals surface area contributed by atoms with Crippen molar-refractivity contribution >= 4 is 11.8 Å². The molecule has 0 aliphatic heterocycles. The van der Waals surface area contributed by atoms with Crippen LogP contribution in [0, 0.1) is 0 Å². The Morgan fingerprint density at radius 3 is 2.43 bits per heavy atom. The van der Waals surface area contributed by atoms with Crippen molar-refractivity contribution in [2.24, 2.45) is 5.73 Å². The van der Waals surface area contributed by atoms with Crippen LogP contribution in [0.3, 0.4) is 0 Å². The molecule has 136 valence electrons. The van der Waals surface area contributed by atoms with E-state index < -0.39 is 11.9 Å². The molecule has 0 rings (SSSR count). The van der Waals surface area contributed by atoms with Crippen LogP contribution in [-0.2, 0) is 28.5 Å². The van der Waals surface area contributed by atoms with Gasteiger partial charge < -0.3 is 35.3 Å². The van der Waals surface area contributed by atoms with Crippen molar-refractivity contribution in [2.75, 3.05) is 60.8 Å². The molecule has 0 aromatic carbocycles. The van der Waals surface area contributed by atoms with E-state index in [0.29, 0.717) is 32.8 Å². The molecule has 0 heterocycles. The minimum Gasteiger partial charge on any atom is -0.382 e. The van der Waals surface area contributed by atoms with Gasteiger partial charge in [0.05, 0.1) is 19.8 Å². The van der Waals surface area contributed by atoms with Crippen molar-refractivity contribution in [3.8, 4) is 0 Å². The predicted molar refractivity (Wildman–Crippen MR) is 84.0 cm³/mol. The van der Waals surface area contributed by atoms with Gasteiger partial charge in [-0.15, -0.1) is 0 Å². The number of carbonyl (C=O) groups excluding carboxylic acids is 2. The molecular weight excluding hydrogens is 306 g/mol. The lowest BCUT2D eigenvalue weighted by molar-refractivity contribution is -0.127. The van der Waals surface area contributed by atoms with E-state index in [1.165, 1.54) is 0 Å². The molecule has 0 saturated carbocycles. The number of methoxy groups -OCH3 is 2. The number of hydrogen-bond donors (Lipinski definition) is 3. The van der Waals surface area contributed by atoms with Crippen LogP contribution in [-0.4, -0.2) is 84.8 Å². The van der Waals surface area contributed by atoms with E-state index in [1.807, 2.05) is 0 Å². The second-order valence-corrected chi connectivity index (χ2v) is 4.85. The van der Waals surface area contributed by atoms with Crippen LogP contribution in [0.25, 0.3) is 0 Å². The number of hydrogen-bond acceptors (Lipinski definition) is 7. The normalized spacial score (nSPS) is 13.5. The first-order valence-electron chi connectivity index (χ1n) is 7.45. The van der Waals surface area contributed by atoms with Crippen LogP contribution in [0.1, 0.15) is 6.42 Å². The van der Waals surface area contributed by atoms with Gasteiger partial charge in [0.15, 0.2) is 0 Å². The Bertz CT molecular complexity index is 330. The van der Waals surface area contributed by atoms with Gasteiger partial charge >= 0.3 is 0 Å². The largest absolute Gasteiger partial charge is 0.382 e. The summed E-state index contributed by atoms with van der Waals surface area (Å²) in [6, 6.07) is -0.501. The van der Waals surface area contributed by atoms with Crippen LogP contribution in [0.15, 0.2) is 0 Å². The summed E-state index contributed by atoms with van der Waals surface area (Å²) in [5.41, 5.74) is 5.16. The number of nitrogens with two attached hydrogens (primary N) is 1. The molecule has 0 radical (unpaired) electrons. The highest BCUT2D eigenvalue weighted by Gasteiger charge is 2.12. The maximum Gasteiger partial charge on any atom is 0.246 e.